The van der Waals surface area contributed by atoms with Crippen LogP contribution in [0.15, 0.2) is 53.6 Å². The average Bonchev–Trinajstić information content (AvgIpc) is 3.18. The summed E-state index contributed by atoms with van der Waals surface area (Å²) in [5, 5.41) is 4.67. The van der Waals surface area contributed by atoms with Gasteiger partial charge in [0.25, 0.3) is 11.1 Å². The van der Waals surface area contributed by atoms with Crippen molar-refractivity contribution in [3.8, 4) is 11.3 Å². The van der Waals surface area contributed by atoms with Gasteiger partial charge in [0.1, 0.15) is 0 Å². The lowest BCUT2D eigenvalue weighted by Crippen LogP contribution is -2.46. The molecule has 8 heteroatoms. The van der Waals surface area contributed by atoms with E-state index in [4.69, 9.17) is 11.6 Å². The fraction of sp³-hybridized carbons (Fsp3) is 0.296. The van der Waals surface area contributed by atoms with Crippen LogP contribution in [0, 0.1) is 0 Å². The molecule has 0 atom stereocenters. The predicted octanol–water partition coefficient (Wildman–Crippen LogP) is 5.80. The van der Waals surface area contributed by atoms with Crippen LogP contribution in [0.2, 0.25) is 5.02 Å². The van der Waals surface area contributed by atoms with Crippen molar-refractivity contribution in [1.82, 2.24) is 15.2 Å². The number of pyridine rings is 1. The van der Waals surface area contributed by atoms with Gasteiger partial charge < -0.3 is 4.90 Å². The van der Waals surface area contributed by atoms with E-state index in [0.29, 0.717) is 4.91 Å². The maximum atomic E-state index is 12.0. The number of anilines is 1. The zero-order chi connectivity index (χ0) is 24.4. The van der Waals surface area contributed by atoms with Gasteiger partial charge in [-0.25, -0.2) is 0 Å². The summed E-state index contributed by atoms with van der Waals surface area (Å²) in [6.45, 7) is 7.47. The molecule has 35 heavy (non-hydrogen) atoms. The standard InChI is InChI=1S/C27H27ClN4O2S/c1-2-3-10-31-11-13-32(14-12-31)23-7-6-20(17-22(23)28)25-21-15-18(4-5-19(21)8-9-29-25)16-24-26(33)30-27(34)35-24/h4-9,15-17H,2-3,10-14H2,1H3,(H,30,33,34). The molecule has 3 aromatic rings. The fourth-order valence-electron chi connectivity index (χ4n) is 4.58. The largest absolute Gasteiger partial charge is 0.368 e. The molecule has 0 unspecified atom stereocenters. The Balaban J connectivity index is 1.41. The number of fused-ring (bicyclic) bond motifs is 1. The van der Waals surface area contributed by atoms with Gasteiger partial charge >= 0.3 is 0 Å². The Morgan fingerprint density at radius 3 is 2.63 bits per heavy atom. The van der Waals surface area contributed by atoms with Crippen molar-refractivity contribution < 1.29 is 9.59 Å². The molecule has 0 saturated carbocycles. The van der Waals surface area contributed by atoms with E-state index < -0.39 is 0 Å². The van der Waals surface area contributed by atoms with Gasteiger partial charge in [-0.05, 0) is 66.0 Å². The number of piperazine rings is 1. The molecule has 1 N–H and O–H groups in total. The smallest absolute Gasteiger partial charge is 0.290 e. The third kappa shape index (κ3) is 5.22. The number of thioether (sulfide) groups is 1. The fourth-order valence-corrected chi connectivity index (χ4v) is 5.57. The lowest BCUT2D eigenvalue weighted by molar-refractivity contribution is -0.115. The lowest BCUT2D eigenvalue weighted by atomic mass is 10.0. The molecule has 5 rings (SSSR count). The highest BCUT2D eigenvalue weighted by Crippen LogP contribution is 2.35. The van der Waals surface area contributed by atoms with Gasteiger partial charge in [0.05, 0.1) is 21.3 Å². The average molecular weight is 507 g/mol. The molecule has 2 aliphatic heterocycles. The van der Waals surface area contributed by atoms with Gasteiger partial charge in [0.2, 0.25) is 0 Å². The molecule has 2 amide bonds. The molecule has 0 bridgehead atoms. The Kier molecular flexibility index (Phi) is 7.09. The van der Waals surface area contributed by atoms with E-state index in [2.05, 4.69) is 39.2 Å². The molecule has 2 aromatic carbocycles. The number of amides is 2. The number of unbranched alkanes of at least 4 members (excludes halogenated alkanes) is 1. The third-order valence-electron chi connectivity index (χ3n) is 6.49. The topological polar surface area (TPSA) is 65.5 Å². The van der Waals surface area contributed by atoms with E-state index in [-0.39, 0.29) is 11.1 Å². The van der Waals surface area contributed by atoms with Crippen LogP contribution in [0.1, 0.15) is 25.3 Å². The van der Waals surface area contributed by atoms with Crippen molar-refractivity contribution in [2.75, 3.05) is 37.6 Å². The van der Waals surface area contributed by atoms with Crippen molar-refractivity contribution in [2.45, 2.75) is 19.8 Å². The van der Waals surface area contributed by atoms with Crippen molar-refractivity contribution in [3.63, 3.8) is 0 Å². The Hall–Kier alpha value is -2.87. The number of benzene rings is 2. The minimum Gasteiger partial charge on any atom is -0.368 e. The van der Waals surface area contributed by atoms with E-state index in [9.17, 15) is 9.59 Å². The van der Waals surface area contributed by atoms with Gasteiger partial charge in [0.15, 0.2) is 0 Å². The molecule has 0 aliphatic carbocycles. The molecule has 3 heterocycles. The monoisotopic (exact) mass is 506 g/mol. The van der Waals surface area contributed by atoms with Crippen LogP contribution < -0.4 is 10.2 Å². The highest BCUT2D eigenvalue weighted by Gasteiger charge is 2.25. The van der Waals surface area contributed by atoms with Gasteiger partial charge in [-0.1, -0.05) is 43.1 Å². The number of carbonyl (C=O) groups excluding carboxylic acids is 2. The van der Waals surface area contributed by atoms with Crippen LogP contribution in [0.5, 0.6) is 0 Å². The van der Waals surface area contributed by atoms with Crippen LogP contribution in [0.4, 0.5) is 10.5 Å². The Labute approximate surface area is 214 Å². The normalized spacial score (nSPS) is 18.0. The van der Waals surface area contributed by atoms with Gasteiger partial charge in [0, 0.05) is 43.3 Å². The first-order chi connectivity index (χ1) is 17.0. The van der Waals surface area contributed by atoms with E-state index in [1.165, 1.54) is 19.4 Å². The summed E-state index contributed by atoms with van der Waals surface area (Å²) in [7, 11) is 0. The molecule has 0 spiro atoms. The van der Waals surface area contributed by atoms with Crippen molar-refractivity contribution >= 4 is 57.0 Å². The molecule has 2 saturated heterocycles. The van der Waals surface area contributed by atoms with Crippen LogP contribution in [-0.4, -0.2) is 53.8 Å². The van der Waals surface area contributed by atoms with Crippen molar-refractivity contribution in [2.24, 2.45) is 0 Å². The second kappa shape index (κ2) is 10.4. The van der Waals surface area contributed by atoms with E-state index in [0.717, 1.165) is 76.2 Å². The first-order valence-corrected chi connectivity index (χ1v) is 13.1. The number of nitrogens with zero attached hydrogens (tertiary/aromatic N) is 3. The number of hydrogen-bond acceptors (Lipinski definition) is 6. The summed E-state index contributed by atoms with van der Waals surface area (Å²) in [6.07, 6.45) is 6.00. The quantitative estimate of drug-likeness (QED) is 0.426. The summed E-state index contributed by atoms with van der Waals surface area (Å²) in [5.74, 6) is -0.361. The van der Waals surface area contributed by atoms with Crippen molar-refractivity contribution in [1.29, 1.82) is 0 Å². The molecule has 180 valence electrons. The molecular weight excluding hydrogens is 480 g/mol. The van der Waals surface area contributed by atoms with Gasteiger partial charge in [-0.3, -0.25) is 24.8 Å². The zero-order valence-electron chi connectivity index (χ0n) is 19.6. The number of rotatable bonds is 6. The number of hydrogen-bond donors (Lipinski definition) is 1. The van der Waals surface area contributed by atoms with E-state index in [1.807, 2.05) is 30.3 Å². The Morgan fingerprint density at radius 1 is 1.09 bits per heavy atom. The summed E-state index contributed by atoms with van der Waals surface area (Å²) >= 11 is 7.70. The number of imide groups is 1. The maximum Gasteiger partial charge on any atom is 0.290 e. The lowest BCUT2D eigenvalue weighted by Gasteiger charge is -2.36. The van der Waals surface area contributed by atoms with E-state index in [1.54, 1.807) is 12.3 Å². The summed E-state index contributed by atoms with van der Waals surface area (Å²) in [6, 6.07) is 14.1. The molecule has 6 nitrogen and oxygen atoms in total. The number of aromatic nitrogens is 1. The van der Waals surface area contributed by atoms with Gasteiger partial charge in [-0.15, -0.1) is 0 Å². The van der Waals surface area contributed by atoms with E-state index >= 15 is 0 Å². The minimum absolute atomic E-state index is 0.346. The summed E-state index contributed by atoms with van der Waals surface area (Å²) in [5.41, 5.74) is 3.67. The molecular formula is C27H27ClN4O2S. The zero-order valence-corrected chi connectivity index (χ0v) is 21.2. The second-order valence-corrected chi connectivity index (χ2v) is 10.3. The SMILES string of the molecule is CCCCN1CCN(c2ccc(-c3nccc4ccc(C=C5SC(=O)NC5=O)cc34)cc2Cl)CC1. The third-order valence-corrected chi connectivity index (χ3v) is 7.61. The maximum absolute atomic E-state index is 12.0. The minimum atomic E-state index is -0.361. The first-order valence-electron chi connectivity index (χ1n) is 11.9. The van der Waals surface area contributed by atoms with Crippen LogP contribution in [0.25, 0.3) is 28.1 Å². The molecule has 0 radical (unpaired) electrons. The van der Waals surface area contributed by atoms with Gasteiger partial charge in [-0.2, -0.15) is 0 Å². The summed E-state index contributed by atoms with van der Waals surface area (Å²) < 4.78 is 0. The number of nitrogens with one attached hydrogen (secondary N) is 1. The molecule has 2 aliphatic rings. The Bertz CT molecular complexity index is 1320. The summed E-state index contributed by atoms with van der Waals surface area (Å²) in [4.78, 5) is 33.4. The highest BCUT2D eigenvalue weighted by atomic mass is 35.5. The predicted molar refractivity (Wildman–Crippen MR) is 145 cm³/mol. The second-order valence-electron chi connectivity index (χ2n) is 8.84. The molecule has 1 aromatic heterocycles. The highest BCUT2D eigenvalue weighted by molar-refractivity contribution is 8.18. The number of halogens is 1. The van der Waals surface area contributed by atoms with Crippen LogP contribution >= 0.6 is 23.4 Å². The number of carbonyl (C=O) groups is 2. The van der Waals surface area contributed by atoms with Crippen LogP contribution in [-0.2, 0) is 4.79 Å². The van der Waals surface area contributed by atoms with Crippen molar-refractivity contribution in [3.05, 3.63) is 64.2 Å². The molecule has 2 fully saturated rings. The Morgan fingerprint density at radius 2 is 1.91 bits per heavy atom. The van der Waals surface area contributed by atoms with Crippen LogP contribution in [0.3, 0.4) is 0 Å². The first kappa shape index (κ1) is 23.9.